The van der Waals surface area contributed by atoms with Gasteiger partial charge in [-0.15, -0.1) is 11.3 Å². The largest absolute Gasteiger partial charge is 0.358 e. The fraction of sp³-hybridized carbons (Fsp3) is 0.364. The second-order valence-corrected chi connectivity index (χ2v) is 5.02. The molecule has 0 atom stereocenters. The molecule has 6 heteroatoms. The minimum absolute atomic E-state index is 0.00656. The van der Waals surface area contributed by atoms with Crippen LogP contribution in [0.1, 0.15) is 10.4 Å². The quantitative estimate of drug-likeness (QED) is 0.859. The first kappa shape index (κ1) is 11.8. The van der Waals surface area contributed by atoms with E-state index in [0.29, 0.717) is 5.39 Å². The Kier molecular flexibility index (Phi) is 2.97. The van der Waals surface area contributed by atoms with Crippen LogP contribution in [0.15, 0.2) is 11.1 Å². The lowest BCUT2D eigenvalue weighted by Gasteiger charge is -2.03. The summed E-state index contributed by atoms with van der Waals surface area (Å²) in [5, 5.41) is 3.11. The third-order valence-electron chi connectivity index (χ3n) is 2.75. The van der Waals surface area contributed by atoms with Crippen LogP contribution < -0.4 is 10.9 Å². The Morgan fingerprint density at radius 1 is 1.53 bits per heavy atom. The Hall–Kier alpha value is -1.69. The molecule has 2 aromatic heterocycles. The first-order valence-corrected chi connectivity index (χ1v) is 6.02. The lowest BCUT2D eigenvalue weighted by atomic mass is 10.2. The Morgan fingerprint density at radius 2 is 2.24 bits per heavy atom. The van der Waals surface area contributed by atoms with E-state index in [1.54, 1.807) is 7.05 Å². The van der Waals surface area contributed by atoms with E-state index in [1.165, 1.54) is 22.2 Å². The molecule has 5 nitrogen and oxygen atoms in total. The number of thiophene rings is 1. The maximum Gasteiger partial charge on any atom is 0.262 e. The van der Waals surface area contributed by atoms with Crippen molar-refractivity contribution >= 4 is 27.5 Å². The highest BCUT2D eigenvalue weighted by atomic mass is 32.1. The van der Waals surface area contributed by atoms with Crippen LogP contribution in [0.5, 0.6) is 0 Å². The van der Waals surface area contributed by atoms with Gasteiger partial charge in [-0.25, -0.2) is 4.98 Å². The van der Waals surface area contributed by atoms with Gasteiger partial charge in [0.2, 0.25) is 5.91 Å². The molecule has 2 aromatic rings. The van der Waals surface area contributed by atoms with Crippen molar-refractivity contribution in [3.05, 3.63) is 27.1 Å². The Balaban J connectivity index is 2.61. The van der Waals surface area contributed by atoms with Crippen LogP contribution >= 0.6 is 11.3 Å². The van der Waals surface area contributed by atoms with Crippen LogP contribution in [0.3, 0.4) is 0 Å². The third-order valence-corrected chi connectivity index (χ3v) is 3.86. The van der Waals surface area contributed by atoms with E-state index in [1.807, 2.05) is 13.8 Å². The molecule has 0 bridgehead atoms. The summed E-state index contributed by atoms with van der Waals surface area (Å²) in [5.74, 6) is -0.210. The maximum atomic E-state index is 12.2. The molecule has 0 unspecified atom stereocenters. The van der Waals surface area contributed by atoms with Crippen molar-refractivity contribution in [2.24, 2.45) is 0 Å². The number of carbonyl (C=O) groups excluding carboxylic acids is 1. The Morgan fingerprint density at radius 3 is 2.88 bits per heavy atom. The standard InChI is InChI=1S/C11H13N3O2S/c1-6-7(2)17-10-9(6)11(16)14(5-13-10)4-8(15)12-3/h5H,4H2,1-3H3,(H,12,15). The van der Waals surface area contributed by atoms with E-state index in [9.17, 15) is 9.59 Å². The van der Waals surface area contributed by atoms with E-state index in [-0.39, 0.29) is 18.0 Å². The molecular formula is C11H13N3O2S. The van der Waals surface area contributed by atoms with Crippen LogP contribution in [0.4, 0.5) is 0 Å². The second kappa shape index (κ2) is 4.29. The van der Waals surface area contributed by atoms with Gasteiger partial charge in [0.15, 0.2) is 0 Å². The molecule has 1 amide bonds. The zero-order valence-corrected chi connectivity index (χ0v) is 10.7. The van der Waals surface area contributed by atoms with Crippen molar-refractivity contribution in [2.75, 3.05) is 7.05 Å². The highest BCUT2D eigenvalue weighted by Gasteiger charge is 2.12. The van der Waals surface area contributed by atoms with Crippen molar-refractivity contribution in [1.82, 2.24) is 14.9 Å². The van der Waals surface area contributed by atoms with Gasteiger partial charge in [0.05, 0.1) is 11.7 Å². The summed E-state index contributed by atoms with van der Waals surface area (Å²) < 4.78 is 1.33. The number of rotatable bonds is 2. The Labute approximate surface area is 102 Å². The van der Waals surface area contributed by atoms with Gasteiger partial charge in [-0.05, 0) is 19.4 Å². The molecule has 0 fully saturated rings. The number of carbonyl (C=O) groups is 1. The molecule has 0 saturated carbocycles. The van der Waals surface area contributed by atoms with E-state index < -0.39 is 0 Å². The lowest BCUT2D eigenvalue weighted by molar-refractivity contribution is -0.121. The van der Waals surface area contributed by atoms with Crippen molar-refractivity contribution < 1.29 is 4.79 Å². The normalized spacial score (nSPS) is 10.8. The van der Waals surface area contributed by atoms with Gasteiger partial charge >= 0.3 is 0 Å². The topological polar surface area (TPSA) is 64.0 Å². The molecule has 0 saturated heterocycles. The molecule has 0 aliphatic carbocycles. The molecule has 90 valence electrons. The molecular weight excluding hydrogens is 238 g/mol. The van der Waals surface area contributed by atoms with E-state index >= 15 is 0 Å². The van der Waals surface area contributed by atoms with Crippen LogP contribution in [0.2, 0.25) is 0 Å². The second-order valence-electron chi connectivity index (χ2n) is 3.81. The lowest BCUT2D eigenvalue weighted by Crippen LogP contribution is -2.30. The predicted molar refractivity (Wildman–Crippen MR) is 67.4 cm³/mol. The van der Waals surface area contributed by atoms with Crippen LogP contribution in [-0.2, 0) is 11.3 Å². The van der Waals surface area contributed by atoms with Crippen LogP contribution in [-0.4, -0.2) is 22.5 Å². The van der Waals surface area contributed by atoms with Crippen molar-refractivity contribution in [2.45, 2.75) is 20.4 Å². The van der Waals surface area contributed by atoms with Crippen LogP contribution in [0, 0.1) is 13.8 Å². The predicted octanol–water partition coefficient (Wildman–Crippen LogP) is 0.821. The number of nitrogens with one attached hydrogen (secondary N) is 1. The number of aromatic nitrogens is 2. The average molecular weight is 251 g/mol. The summed E-state index contributed by atoms with van der Waals surface area (Å²) >= 11 is 1.50. The van der Waals surface area contributed by atoms with Crippen molar-refractivity contribution in [1.29, 1.82) is 0 Å². The SMILES string of the molecule is CNC(=O)Cn1cnc2sc(C)c(C)c2c1=O. The number of fused-ring (bicyclic) bond motifs is 1. The third kappa shape index (κ3) is 1.95. The van der Waals surface area contributed by atoms with Gasteiger partial charge in [0.1, 0.15) is 11.4 Å². The minimum atomic E-state index is -0.210. The fourth-order valence-corrected chi connectivity index (χ4v) is 2.60. The monoisotopic (exact) mass is 251 g/mol. The van der Waals surface area contributed by atoms with Gasteiger partial charge < -0.3 is 5.32 Å². The number of nitrogens with zero attached hydrogens (tertiary/aromatic N) is 2. The number of aryl methyl sites for hydroxylation is 2. The van der Waals surface area contributed by atoms with Crippen molar-refractivity contribution in [3.63, 3.8) is 0 Å². The van der Waals surface area contributed by atoms with E-state index in [2.05, 4.69) is 10.3 Å². The van der Waals surface area contributed by atoms with Gasteiger partial charge in [0, 0.05) is 11.9 Å². The highest BCUT2D eigenvalue weighted by molar-refractivity contribution is 7.18. The molecule has 0 aromatic carbocycles. The summed E-state index contributed by atoms with van der Waals surface area (Å²) in [6, 6.07) is 0. The summed E-state index contributed by atoms with van der Waals surface area (Å²) in [6.07, 6.45) is 1.43. The molecule has 0 aliphatic heterocycles. The van der Waals surface area contributed by atoms with Crippen molar-refractivity contribution in [3.8, 4) is 0 Å². The minimum Gasteiger partial charge on any atom is -0.358 e. The fourth-order valence-electron chi connectivity index (χ4n) is 1.62. The number of likely N-dealkylation sites (N-methyl/N-ethyl adjacent to an activating group) is 1. The summed E-state index contributed by atoms with van der Waals surface area (Å²) in [4.78, 5) is 29.5. The highest BCUT2D eigenvalue weighted by Crippen LogP contribution is 2.25. The number of hydrogen-bond donors (Lipinski definition) is 1. The van der Waals surface area contributed by atoms with E-state index in [0.717, 1.165) is 15.3 Å². The molecule has 0 aliphatic rings. The molecule has 0 spiro atoms. The Bertz CT molecular complexity index is 642. The zero-order chi connectivity index (χ0) is 12.6. The smallest absolute Gasteiger partial charge is 0.262 e. The summed E-state index contributed by atoms with van der Waals surface area (Å²) in [5.41, 5.74) is 0.800. The average Bonchev–Trinajstić information content (AvgIpc) is 2.59. The maximum absolute atomic E-state index is 12.2. The molecule has 2 heterocycles. The number of hydrogen-bond acceptors (Lipinski definition) is 4. The first-order valence-electron chi connectivity index (χ1n) is 5.20. The van der Waals surface area contributed by atoms with Gasteiger partial charge in [0.25, 0.3) is 5.56 Å². The summed E-state index contributed by atoms with van der Waals surface area (Å²) in [7, 11) is 1.54. The zero-order valence-electron chi connectivity index (χ0n) is 9.90. The van der Waals surface area contributed by atoms with Gasteiger partial charge in [-0.3, -0.25) is 14.2 Å². The molecule has 0 radical (unpaired) electrons. The molecule has 17 heavy (non-hydrogen) atoms. The summed E-state index contributed by atoms with van der Waals surface area (Å²) in [6.45, 7) is 3.87. The van der Waals surface area contributed by atoms with Crippen LogP contribution in [0.25, 0.3) is 10.2 Å². The van der Waals surface area contributed by atoms with E-state index in [4.69, 9.17) is 0 Å². The molecule has 1 N–H and O–H groups in total. The van der Waals surface area contributed by atoms with Gasteiger partial charge in [-0.2, -0.15) is 0 Å². The number of amides is 1. The molecule has 2 rings (SSSR count). The first-order chi connectivity index (χ1) is 8.04. The van der Waals surface area contributed by atoms with Gasteiger partial charge in [-0.1, -0.05) is 0 Å².